The monoisotopic (exact) mass is 353 g/mol. The van der Waals surface area contributed by atoms with Gasteiger partial charge in [-0.25, -0.2) is 0 Å². The van der Waals surface area contributed by atoms with Gasteiger partial charge in [-0.3, -0.25) is 4.79 Å². The molecule has 0 saturated carbocycles. The average Bonchev–Trinajstić information content (AvgIpc) is 2.61. The molecule has 5 heteroatoms. The molecule has 0 spiro atoms. The molecule has 1 heterocycles. The van der Waals surface area contributed by atoms with E-state index in [9.17, 15) is 4.79 Å². The summed E-state index contributed by atoms with van der Waals surface area (Å²) in [5.41, 5.74) is 0.734. The van der Waals surface area contributed by atoms with Gasteiger partial charge in [-0.1, -0.05) is 15.9 Å². The summed E-state index contributed by atoms with van der Waals surface area (Å²) < 4.78 is 0.987. The molecule has 1 unspecified atom stereocenters. The van der Waals surface area contributed by atoms with Gasteiger partial charge in [0.15, 0.2) is 0 Å². The zero-order valence-electron chi connectivity index (χ0n) is 8.43. The Balaban J connectivity index is 2.42. The summed E-state index contributed by atoms with van der Waals surface area (Å²) in [6.07, 6.45) is 2.08. The van der Waals surface area contributed by atoms with Crippen LogP contribution in [0.2, 0.25) is 0 Å². The van der Waals surface area contributed by atoms with Gasteiger partial charge in [0, 0.05) is 16.8 Å². The fourth-order valence-corrected chi connectivity index (χ4v) is 2.65. The molecule has 15 heavy (non-hydrogen) atoms. The van der Waals surface area contributed by atoms with E-state index in [-0.39, 0.29) is 11.9 Å². The van der Waals surface area contributed by atoms with Crippen molar-refractivity contribution in [1.82, 2.24) is 5.32 Å². The van der Waals surface area contributed by atoms with Crippen molar-refractivity contribution in [1.29, 1.82) is 0 Å². The predicted octanol–water partition coefficient (Wildman–Crippen LogP) is 3.80. The van der Waals surface area contributed by atoms with Crippen LogP contribution in [-0.2, 0) is 0 Å². The average molecular weight is 355 g/mol. The van der Waals surface area contributed by atoms with Gasteiger partial charge in [0.1, 0.15) is 0 Å². The highest BCUT2D eigenvalue weighted by atomic mass is 79.9. The first-order chi connectivity index (χ1) is 7.13. The van der Waals surface area contributed by atoms with Gasteiger partial charge >= 0.3 is 0 Å². The number of hydrogen-bond donors (Lipinski definition) is 1. The van der Waals surface area contributed by atoms with Gasteiger partial charge in [0.05, 0.1) is 9.35 Å². The number of carbonyl (C=O) groups excluding carboxylic acids is 1. The second-order valence-corrected chi connectivity index (χ2v) is 6.43. The van der Waals surface area contributed by atoms with Crippen LogP contribution >= 0.6 is 43.2 Å². The van der Waals surface area contributed by atoms with Gasteiger partial charge in [-0.2, -0.15) is 0 Å². The molecule has 1 rings (SSSR count). The Hall–Kier alpha value is 0.130. The smallest absolute Gasteiger partial charge is 0.252 e. The fraction of sp³-hybridized carbons (Fsp3) is 0.500. The molecule has 0 aliphatic carbocycles. The highest BCUT2D eigenvalue weighted by molar-refractivity contribution is 9.11. The van der Waals surface area contributed by atoms with Crippen LogP contribution in [0.5, 0.6) is 0 Å². The number of alkyl halides is 1. The van der Waals surface area contributed by atoms with Crippen molar-refractivity contribution in [2.75, 3.05) is 5.33 Å². The Morgan fingerprint density at radius 3 is 2.93 bits per heavy atom. The second-order valence-electron chi connectivity index (χ2n) is 3.35. The van der Waals surface area contributed by atoms with E-state index in [2.05, 4.69) is 37.2 Å². The number of hydrogen-bond acceptors (Lipinski definition) is 2. The number of carbonyl (C=O) groups is 1. The fourth-order valence-electron chi connectivity index (χ4n) is 1.19. The maximum absolute atomic E-state index is 11.7. The zero-order chi connectivity index (χ0) is 11.3. The van der Waals surface area contributed by atoms with Gasteiger partial charge in [0.2, 0.25) is 0 Å². The van der Waals surface area contributed by atoms with E-state index in [0.717, 1.165) is 27.5 Å². The van der Waals surface area contributed by atoms with Gasteiger partial charge in [-0.05, 0) is 41.8 Å². The summed E-state index contributed by atoms with van der Waals surface area (Å²) in [7, 11) is 0. The third kappa shape index (κ3) is 4.66. The van der Waals surface area contributed by atoms with Crippen molar-refractivity contribution in [3.8, 4) is 0 Å². The number of nitrogens with one attached hydrogen (secondary N) is 1. The van der Waals surface area contributed by atoms with E-state index < -0.39 is 0 Å². The standard InChI is InChI=1S/C10H13Br2NOS/c1-7(3-2-4-11)13-10(14)8-5-9(12)15-6-8/h5-7H,2-4H2,1H3,(H,13,14). The number of amides is 1. The quantitative estimate of drug-likeness (QED) is 0.800. The van der Waals surface area contributed by atoms with E-state index in [1.165, 1.54) is 11.3 Å². The lowest BCUT2D eigenvalue weighted by molar-refractivity contribution is 0.0939. The molecule has 1 aromatic rings. The lowest BCUT2D eigenvalue weighted by Gasteiger charge is -2.12. The molecule has 0 bridgehead atoms. The Labute approximate surface area is 111 Å². The first-order valence-corrected chi connectivity index (χ1v) is 7.53. The molecule has 0 aromatic carbocycles. The third-order valence-corrected chi connectivity index (χ3v) is 4.04. The maximum Gasteiger partial charge on any atom is 0.252 e. The molecule has 1 atom stereocenters. The molecule has 2 nitrogen and oxygen atoms in total. The third-order valence-electron chi connectivity index (χ3n) is 1.98. The molecule has 0 aliphatic rings. The molecule has 1 N–H and O–H groups in total. The van der Waals surface area contributed by atoms with E-state index in [4.69, 9.17) is 0 Å². The molecular weight excluding hydrogens is 342 g/mol. The number of thiophene rings is 1. The van der Waals surface area contributed by atoms with E-state index in [1.54, 1.807) is 0 Å². The van der Waals surface area contributed by atoms with Crippen LogP contribution in [0.15, 0.2) is 15.2 Å². The molecule has 0 aliphatic heterocycles. The molecule has 0 radical (unpaired) electrons. The Kier molecular flexibility index (Phi) is 5.86. The normalized spacial score (nSPS) is 12.5. The van der Waals surface area contributed by atoms with Crippen LogP contribution in [0.25, 0.3) is 0 Å². The summed E-state index contributed by atoms with van der Waals surface area (Å²) in [5.74, 6) is 0.0130. The first kappa shape index (κ1) is 13.2. The van der Waals surface area contributed by atoms with Gasteiger partial charge in [0.25, 0.3) is 5.91 Å². The highest BCUT2D eigenvalue weighted by Crippen LogP contribution is 2.20. The second kappa shape index (κ2) is 6.66. The minimum absolute atomic E-state index is 0.0130. The molecule has 1 amide bonds. The number of halogens is 2. The van der Waals surface area contributed by atoms with Crippen molar-refractivity contribution in [2.24, 2.45) is 0 Å². The van der Waals surface area contributed by atoms with Gasteiger partial charge < -0.3 is 5.32 Å². The lowest BCUT2D eigenvalue weighted by Crippen LogP contribution is -2.32. The SMILES string of the molecule is CC(CCCBr)NC(=O)c1csc(Br)c1. The Bertz CT molecular complexity index is 327. The Morgan fingerprint density at radius 2 is 2.40 bits per heavy atom. The zero-order valence-corrected chi connectivity index (χ0v) is 12.4. The highest BCUT2D eigenvalue weighted by Gasteiger charge is 2.10. The van der Waals surface area contributed by atoms with E-state index in [1.807, 2.05) is 18.4 Å². The summed E-state index contributed by atoms with van der Waals surface area (Å²) in [6, 6.07) is 2.07. The largest absolute Gasteiger partial charge is 0.350 e. The van der Waals surface area contributed by atoms with E-state index in [0.29, 0.717) is 0 Å². The predicted molar refractivity (Wildman–Crippen MR) is 72.0 cm³/mol. The lowest BCUT2D eigenvalue weighted by atomic mass is 10.2. The minimum atomic E-state index is 0.0130. The molecule has 1 aromatic heterocycles. The van der Waals surface area contributed by atoms with Crippen LogP contribution in [0.4, 0.5) is 0 Å². The van der Waals surface area contributed by atoms with Crippen LogP contribution in [0.1, 0.15) is 30.1 Å². The minimum Gasteiger partial charge on any atom is -0.350 e. The maximum atomic E-state index is 11.7. The van der Waals surface area contributed by atoms with Crippen LogP contribution in [-0.4, -0.2) is 17.3 Å². The molecular formula is C10H13Br2NOS. The van der Waals surface area contributed by atoms with E-state index >= 15 is 0 Å². The van der Waals surface area contributed by atoms with Crippen LogP contribution in [0.3, 0.4) is 0 Å². The summed E-state index contributed by atoms with van der Waals surface area (Å²) in [5, 5.41) is 5.81. The van der Waals surface area contributed by atoms with Crippen molar-refractivity contribution in [3.05, 3.63) is 20.8 Å². The Morgan fingerprint density at radius 1 is 1.67 bits per heavy atom. The molecule has 0 saturated heterocycles. The van der Waals surface area contributed by atoms with Gasteiger partial charge in [-0.15, -0.1) is 11.3 Å². The molecule has 84 valence electrons. The van der Waals surface area contributed by atoms with Crippen LogP contribution < -0.4 is 5.32 Å². The van der Waals surface area contributed by atoms with Crippen molar-refractivity contribution >= 4 is 49.1 Å². The summed E-state index contributed by atoms with van der Waals surface area (Å²) in [4.78, 5) is 11.7. The van der Waals surface area contributed by atoms with Crippen molar-refractivity contribution in [2.45, 2.75) is 25.8 Å². The van der Waals surface area contributed by atoms with Crippen molar-refractivity contribution < 1.29 is 4.79 Å². The first-order valence-electron chi connectivity index (χ1n) is 4.74. The molecule has 0 fully saturated rings. The van der Waals surface area contributed by atoms with Crippen LogP contribution in [0, 0.1) is 0 Å². The van der Waals surface area contributed by atoms with Crippen molar-refractivity contribution in [3.63, 3.8) is 0 Å². The topological polar surface area (TPSA) is 29.1 Å². The summed E-state index contributed by atoms with van der Waals surface area (Å²) in [6.45, 7) is 2.03. The summed E-state index contributed by atoms with van der Waals surface area (Å²) >= 11 is 8.24. The number of rotatable bonds is 5.